The van der Waals surface area contributed by atoms with Crippen molar-refractivity contribution in [3.63, 3.8) is 0 Å². The van der Waals surface area contributed by atoms with Crippen LogP contribution in [0.4, 0.5) is 0 Å². The van der Waals surface area contributed by atoms with Crippen molar-refractivity contribution in [1.82, 2.24) is 11.5 Å². The maximum atomic E-state index is 3.30. The standard InChI is InChI=1S/C7H15N.H3N/c1-8-7-5-3-2-4-6-7;/h7-8H,2-6H2,1H3;1H3. The van der Waals surface area contributed by atoms with Crippen molar-refractivity contribution in [3.05, 3.63) is 0 Å². The smallest absolute Gasteiger partial charge is 0.00640 e. The van der Waals surface area contributed by atoms with Crippen LogP contribution in [0.1, 0.15) is 32.1 Å². The van der Waals surface area contributed by atoms with Crippen LogP contribution < -0.4 is 11.5 Å². The van der Waals surface area contributed by atoms with Crippen LogP contribution in [0.3, 0.4) is 0 Å². The van der Waals surface area contributed by atoms with Gasteiger partial charge in [0.1, 0.15) is 0 Å². The third-order valence-corrected chi connectivity index (χ3v) is 2.01. The molecule has 56 valence electrons. The van der Waals surface area contributed by atoms with Gasteiger partial charge < -0.3 is 11.5 Å². The predicted molar refractivity (Wildman–Crippen MR) is 41.0 cm³/mol. The van der Waals surface area contributed by atoms with E-state index >= 15 is 0 Å². The van der Waals surface area contributed by atoms with E-state index in [1.807, 2.05) is 0 Å². The first-order valence-corrected chi connectivity index (χ1v) is 3.61. The summed E-state index contributed by atoms with van der Waals surface area (Å²) in [5.41, 5.74) is 0. The SMILES string of the molecule is CNC1CCCCC1.N. The van der Waals surface area contributed by atoms with Crippen LogP contribution in [0.15, 0.2) is 0 Å². The fourth-order valence-electron chi connectivity index (χ4n) is 1.39. The molecule has 0 radical (unpaired) electrons. The first-order chi connectivity index (χ1) is 3.93. The molecule has 0 heterocycles. The molecule has 0 aromatic rings. The molecule has 0 unspecified atom stereocenters. The summed E-state index contributed by atoms with van der Waals surface area (Å²) in [4.78, 5) is 0. The van der Waals surface area contributed by atoms with E-state index in [4.69, 9.17) is 0 Å². The highest BCUT2D eigenvalue weighted by Gasteiger charge is 2.09. The van der Waals surface area contributed by atoms with Gasteiger partial charge in [0.15, 0.2) is 0 Å². The molecule has 0 amide bonds. The van der Waals surface area contributed by atoms with Gasteiger partial charge in [-0.1, -0.05) is 19.3 Å². The normalized spacial score (nSPS) is 21.0. The lowest BCUT2D eigenvalue weighted by molar-refractivity contribution is 0.394. The number of rotatable bonds is 1. The third kappa shape index (κ3) is 2.82. The molecule has 0 saturated heterocycles. The third-order valence-electron chi connectivity index (χ3n) is 2.01. The Bertz CT molecular complexity index is 57.9. The summed E-state index contributed by atoms with van der Waals surface area (Å²) in [5.74, 6) is 0. The Labute approximate surface area is 57.6 Å². The van der Waals surface area contributed by atoms with Crippen LogP contribution in [0.2, 0.25) is 0 Å². The van der Waals surface area contributed by atoms with E-state index in [-0.39, 0.29) is 6.15 Å². The number of hydrogen-bond acceptors (Lipinski definition) is 2. The zero-order valence-electron chi connectivity index (χ0n) is 6.32. The molecular formula is C7H18N2. The van der Waals surface area contributed by atoms with Gasteiger partial charge in [0.25, 0.3) is 0 Å². The van der Waals surface area contributed by atoms with E-state index in [1.54, 1.807) is 0 Å². The Hall–Kier alpha value is -0.0800. The molecule has 0 aromatic heterocycles. The lowest BCUT2D eigenvalue weighted by Crippen LogP contribution is -2.26. The Morgan fingerprint density at radius 2 is 1.67 bits per heavy atom. The molecule has 1 saturated carbocycles. The van der Waals surface area contributed by atoms with Gasteiger partial charge in [0, 0.05) is 6.04 Å². The van der Waals surface area contributed by atoms with Crippen molar-refractivity contribution < 1.29 is 0 Å². The van der Waals surface area contributed by atoms with Crippen molar-refractivity contribution in [2.45, 2.75) is 38.1 Å². The van der Waals surface area contributed by atoms with Gasteiger partial charge in [-0.05, 0) is 19.9 Å². The molecular weight excluding hydrogens is 112 g/mol. The van der Waals surface area contributed by atoms with Gasteiger partial charge in [-0.2, -0.15) is 0 Å². The zero-order valence-corrected chi connectivity index (χ0v) is 6.32. The summed E-state index contributed by atoms with van der Waals surface area (Å²) in [6.45, 7) is 0. The average molecular weight is 130 g/mol. The summed E-state index contributed by atoms with van der Waals surface area (Å²) in [6, 6.07) is 0.837. The fraction of sp³-hybridized carbons (Fsp3) is 1.00. The number of hydrogen-bond donors (Lipinski definition) is 2. The lowest BCUT2D eigenvalue weighted by atomic mass is 9.96. The molecule has 2 heteroatoms. The molecule has 1 rings (SSSR count). The van der Waals surface area contributed by atoms with Gasteiger partial charge in [-0.15, -0.1) is 0 Å². The van der Waals surface area contributed by atoms with Gasteiger partial charge >= 0.3 is 0 Å². The van der Waals surface area contributed by atoms with Crippen molar-refractivity contribution >= 4 is 0 Å². The van der Waals surface area contributed by atoms with Gasteiger partial charge in [0.05, 0.1) is 0 Å². The Kier molecular flexibility index (Phi) is 4.72. The topological polar surface area (TPSA) is 47.0 Å². The summed E-state index contributed by atoms with van der Waals surface area (Å²) in [7, 11) is 2.07. The molecule has 1 fully saturated rings. The second-order valence-corrected chi connectivity index (χ2v) is 2.62. The Morgan fingerprint density at radius 1 is 1.11 bits per heavy atom. The summed E-state index contributed by atoms with van der Waals surface area (Å²) in [5, 5.41) is 3.30. The minimum atomic E-state index is 0. The van der Waals surface area contributed by atoms with Crippen LogP contribution in [0.25, 0.3) is 0 Å². The summed E-state index contributed by atoms with van der Waals surface area (Å²) < 4.78 is 0. The molecule has 0 aliphatic heterocycles. The highest BCUT2D eigenvalue weighted by Crippen LogP contribution is 2.16. The Morgan fingerprint density at radius 3 is 2.00 bits per heavy atom. The molecule has 0 spiro atoms. The van der Waals surface area contributed by atoms with E-state index in [1.165, 1.54) is 32.1 Å². The van der Waals surface area contributed by atoms with Crippen LogP contribution >= 0.6 is 0 Å². The molecule has 0 atom stereocenters. The molecule has 1 aliphatic rings. The van der Waals surface area contributed by atoms with Crippen LogP contribution in [-0.4, -0.2) is 13.1 Å². The van der Waals surface area contributed by atoms with Crippen molar-refractivity contribution in [3.8, 4) is 0 Å². The van der Waals surface area contributed by atoms with E-state index in [0.717, 1.165) is 6.04 Å². The maximum Gasteiger partial charge on any atom is 0.00640 e. The molecule has 4 N–H and O–H groups in total. The van der Waals surface area contributed by atoms with Crippen LogP contribution in [-0.2, 0) is 0 Å². The molecule has 0 bridgehead atoms. The van der Waals surface area contributed by atoms with E-state index in [0.29, 0.717) is 0 Å². The van der Waals surface area contributed by atoms with Gasteiger partial charge in [-0.3, -0.25) is 0 Å². The minimum absolute atomic E-state index is 0. The highest BCUT2D eigenvalue weighted by molar-refractivity contribution is 4.68. The Balaban J connectivity index is 0.000000640. The average Bonchev–Trinajstić information content (AvgIpc) is 1.90. The fourth-order valence-corrected chi connectivity index (χ4v) is 1.39. The van der Waals surface area contributed by atoms with Crippen LogP contribution in [0, 0.1) is 0 Å². The first kappa shape index (κ1) is 8.92. The van der Waals surface area contributed by atoms with Gasteiger partial charge in [-0.25, -0.2) is 0 Å². The van der Waals surface area contributed by atoms with Gasteiger partial charge in [0.2, 0.25) is 0 Å². The van der Waals surface area contributed by atoms with E-state index in [9.17, 15) is 0 Å². The molecule has 2 nitrogen and oxygen atoms in total. The van der Waals surface area contributed by atoms with Crippen LogP contribution in [0.5, 0.6) is 0 Å². The van der Waals surface area contributed by atoms with Crippen molar-refractivity contribution in [2.75, 3.05) is 7.05 Å². The quantitative estimate of drug-likeness (QED) is 0.567. The molecule has 1 aliphatic carbocycles. The lowest BCUT2D eigenvalue weighted by Gasteiger charge is -2.20. The highest BCUT2D eigenvalue weighted by atomic mass is 14.9. The molecule has 0 aromatic carbocycles. The number of nitrogens with one attached hydrogen (secondary N) is 1. The second-order valence-electron chi connectivity index (χ2n) is 2.62. The summed E-state index contributed by atoms with van der Waals surface area (Å²) >= 11 is 0. The van der Waals surface area contributed by atoms with E-state index in [2.05, 4.69) is 12.4 Å². The largest absolute Gasteiger partial charge is 0.344 e. The van der Waals surface area contributed by atoms with Crippen molar-refractivity contribution in [1.29, 1.82) is 0 Å². The predicted octanol–water partition coefficient (Wildman–Crippen LogP) is 1.70. The zero-order chi connectivity index (χ0) is 5.82. The second kappa shape index (κ2) is 4.77. The summed E-state index contributed by atoms with van der Waals surface area (Å²) in [6.07, 6.45) is 7.13. The maximum absolute atomic E-state index is 3.30. The monoisotopic (exact) mass is 130 g/mol. The van der Waals surface area contributed by atoms with E-state index < -0.39 is 0 Å². The molecule has 9 heavy (non-hydrogen) atoms. The van der Waals surface area contributed by atoms with Crippen molar-refractivity contribution in [2.24, 2.45) is 0 Å². The first-order valence-electron chi connectivity index (χ1n) is 3.61. The minimum Gasteiger partial charge on any atom is -0.344 e.